The Balaban J connectivity index is 1.78. The maximum Gasteiger partial charge on any atom is 0.332 e. The number of nitrogens with two attached hydrogens (primary N) is 2. The maximum absolute atomic E-state index is 11.4. The van der Waals surface area contributed by atoms with Crippen LogP contribution in [0.5, 0.6) is 0 Å². The van der Waals surface area contributed by atoms with Gasteiger partial charge in [-0.2, -0.15) is 4.98 Å². The molecule has 0 atom stereocenters. The van der Waals surface area contributed by atoms with Crippen molar-refractivity contribution < 1.29 is 4.92 Å². The van der Waals surface area contributed by atoms with Crippen LogP contribution in [0.2, 0.25) is 0 Å². The second kappa shape index (κ2) is 8.09. The Morgan fingerprint density at radius 2 is 1.85 bits per heavy atom. The summed E-state index contributed by atoms with van der Waals surface area (Å²) in [5.74, 6) is 0.562. The van der Waals surface area contributed by atoms with Gasteiger partial charge in [-0.05, 0) is 43.6 Å². The fourth-order valence-corrected chi connectivity index (χ4v) is 3.38. The Hall–Kier alpha value is -2.74. The van der Waals surface area contributed by atoms with Gasteiger partial charge < -0.3 is 16.8 Å². The van der Waals surface area contributed by atoms with Crippen LogP contribution < -0.4 is 16.8 Å². The van der Waals surface area contributed by atoms with Crippen molar-refractivity contribution in [2.24, 2.45) is 11.7 Å². The van der Waals surface area contributed by atoms with Crippen molar-refractivity contribution in [3.8, 4) is 0 Å². The summed E-state index contributed by atoms with van der Waals surface area (Å²) in [6.07, 6.45) is 4.32. The van der Waals surface area contributed by atoms with Crippen molar-refractivity contribution in [1.29, 1.82) is 0 Å². The molecule has 8 nitrogen and oxygen atoms in total. The first-order valence-corrected chi connectivity index (χ1v) is 8.87. The van der Waals surface area contributed by atoms with Gasteiger partial charge in [-0.3, -0.25) is 10.1 Å². The SMILES string of the molecule is Nc1nc(NCc2ccccc2)nc(C[C@H]2CC[C@H](N)CC2)c1[N+](=O)[O-]. The molecule has 0 unspecified atom stereocenters. The highest BCUT2D eigenvalue weighted by Gasteiger charge is 2.27. The summed E-state index contributed by atoms with van der Waals surface area (Å²) in [7, 11) is 0. The largest absolute Gasteiger partial charge is 0.378 e. The standard InChI is InChI=1S/C18H24N6O2/c19-14-8-6-12(7-9-14)10-15-16(24(25)26)17(20)23-18(22-15)21-11-13-4-2-1-3-5-13/h1-5,12,14H,6-11,19H2,(H3,20,21,22,23)/t12-,14-. The van der Waals surface area contributed by atoms with E-state index < -0.39 is 4.92 Å². The van der Waals surface area contributed by atoms with E-state index in [9.17, 15) is 10.1 Å². The van der Waals surface area contributed by atoms with Crippen molar-refractivity contribution in [3.05, 3.63) is 51.7 Å². The van der Waals surface area contributed by atoms with Gasteiger partial charge in [-0.15, -0.1) is 0 Å². The average Bonchev–Trinajstić information content (AvgIpc) is 2.62. The summed E-state index contributed by atoms with van der Waals surface area (Å²) in [5.41, 5.74) is 13.1. The Morgan fingerprint density at radius 3 is 2.50 bits per heavy atom. The smallest absolute Gasteiger partial charge is 0.332 e. The molecule has 8 heteroatoms. The molecule has 0 aliphatic heterocycles. The van der Waals surface area contributed by atoms with E-state index in [2.05, 4.69) is 15.3 Å². The first-order valence-electron chi connectivity index (χ1n) is 8.87. The third-order valence-corrected chi connectivity index (χ3v) is 4.83. The minimum absolute atomic E-state index is 0.0944. The van der Waals surface area contributed by atoms with Crippen LogP contribution in [0.3, 0.4) is 0 Å². The minimum Gasteiger partial charge on any atom is -0.378 e. The average molecular weight is 356 g/mol. The molecule has 0 radical (unpaired) electrons. The van der Waals surface area contributed by atoms with E-state index in [1.807, 2.05) is 30.3 Å². The molecule has 138 valence electrons. The Labute approximate surface area is 152 Å². The van der Waals surface area contributed by atoms with Gasteiger partial charge in [0.2, 0.25) is 11.8 Å². The number of nitrogen functional groups attached to an aromatic ring is 1. The number of aromatic nitrogens is 2. The fourth-order valence-electron chi connectivity index (χ4n) is 3.38. The molecule has 26 heavy (non-hydrogen) atoms. The van der Waals surface area contributed by atoms with Crippen LogP contribution in [0, 0.1) is 16.0 Å². The third kappa shape index (κ3) is 4.45. The van der Waals surface area contributed by atoms with E-state index in [4.69, 9.17) is 11.5 Å². The molecule has 1 aromatic heterocycles. The lowest BCUT2D eigenvalue weighted by atomic mass is 9.83. The molecule has 1 fully saturated rings. The zero-order valence-electron chi connectivity index (χ0n) is 14.6. The molecule has 1 aliphatic carbocycles. The summed E-state index contributed by atoms with van der Waals surface area (Å²) < 4.78 is 0. The molecular weight excluding hydrogens is 332 g/mol. The van der Waals surface area contributed by atoms with Crippen molar-refractivity contribution in [3.63, 3.8) is 0 Å². The van der Waals surface area contributed by atoms with Gasteiger partial charge in [0.25, 0.3) is 0 Å². The van der Waals surface area contributed by atoms with Crippen LogP contribution in [0.25, 0.3) is 0 Å². The lowest BCUT2D eigenvalue weighted by molar-refractivity contribution is -0.385. The molecule has 5 N–H and O–H groups in total. The molecule has 0 saturated heterocycles. The first kappa shape index (κ1) is 18.1. The molecule has 0 amide bonds. The molecule has 1 heterocycles. The van der Waals surface area contributed by atoms with E-state index in [1.165, 1.54) is 0 Å². The normalized spacial score (nSPS) is 19.9. The number of nitrogens with one attached hydrogen (secondary N) is 1. The lowest BCUT2D eigenvalue weighted by Crippen LogP contribution is -2.27. The number of anilines is 2. The quantitative estimate of drug-likeness (QED) is 0.535. The van der Waals surface area contributed by atoms with Crippen LogP contribution in [-0.2, 0) is 13.0 Å². The Kier molecular flexibility index (Phi) is 5.62. The topological polar surface area (TPSA) is 133 Å². The highest BCUT2D eigenvalue weighted by atomic mass is 16.6. The molecule has 0 bridgehead atoms. The first-order chi connectivity index (χ1) is 12.5. The van der Waals surface area contributed by atoms with E-state index in [0.29, 0.717) is 30.5 Å². The summed E-state index contributed by atoms with van der Waals surface area (Å²) in [4.78, 5) is 19.4. The van der Waals surface area contributed by atoms with Gasteiger partial charge in [0, 0.05) is 12.6 Å². The van der Waals surface area contributed by atoms with Crippen LogP contribution in [-0.4, -0.2) is 20.9 Å². The molecule has 1 aliphatic rings. The van der Waals surface area contributed by atoms with Gasteiger partial charge in [-0.25, -0.2) is 4.98 Å². The number of hydrogen-bond donors (Lipinski definition) is 3. The number of nitrogens with zero attached hydrogens (tertiary/aromatic N) is 3. The highest BCUT2D eigenvalue weighted by molar-refractivity contribution is 5.58. The van der Waals surface area contributed by atoms with Gasteiger partial charge in [0.15, 0.2) is 0 Å². The molecule has 2 aromatic rings. The zero-order chi connectivity index (χ0) is 18.5. The van der Waals surface area contributed by atoms with E-state index in [-0.39, 0.29) is 17.5 Å². The van der Waals surface area contributed by atoms with Crippen LogP contribution in [0.1, 0.15) is 36.9 Å². The monoisotopic (exact) mass is 356 g/mol. The number of benzene rings is 1. The zero-order valence-corrected chi connectivity index (χ0v) is 14.6. The summed E-state index contributed by atoms with van der Waals surface area (Å²) in [6, 6.07) is 10.0. The van der Waals surface area contributed by atoms with Gasteiger partial charge >= 0.3 is 5.69 Å². The predicted octanol–water partition coefficient (Wildman–Crippen LogP) is 2.64. The number of hydrogen-bond acceptors (Lipinski definition) is 7. The van der Waals surface area contributed by atoms with Crippen molar-refractivity contribution in [2.75, 3.05) is 11.1 Å². The van der Waals surface area contributed by atoms with E-state index in [0.717, 1.165) is 31.2 Å². The third-order valence-electron chi connectivity index (χ3n) is 4.83. The van der Waals surface area contributed by atoms with Gasteiger partial charge in [0.1, 0.15) is 5.69 Å². The Morgan fingerprint density at radius 1 is 1.15 bits per heavy atom. The second-order valence-electron chi connectivity index (χ2n) is 6.81. The van der Waals surface area contributed by atoms with Crippen molar-refractivity contribution in [1.82, 2.24) is 9.97 Å². The second-order valence-corrected chi connectivity index (χ2v) is 6.81. The predicted molar refractivity (Wildman–Crippen MR) is 101 cm³/mol. The van der Waals surface area contributed by atoms with Crippen LogP contribution in [0.15, 0.2) is 30.3 Å². The number of rotatable bonds is 6. The van der Waals surface area contributed by atoms with Gasteiger partial charge in [0.05, 0.1) is 4.92 Å². The van der Waals surface area contributed by atoms with Gasteiger partial charge in [-0.1, -0.05) is 30.3 Å². The minimum atomic E-state index is -0.486. The Bertz CT molecular complexity index is 760. The maximum atomic E-state index is 11.4. The van der Waals surface area contributed by atoms with E-state index >= 15 is 0 Å². The number of nitro groups is 1. The molecule has 1 saturated carbocycles. The molecular formula is C18H24N6O2. The van der Waals surface area contributed by atoms with Crippen LogP contribution >= 0.6 is 0 Å². The lowest BCUT2D eigenvalue weighted by Gasteiger charge is -2.25. The van der Waals surface area contributed by atoms with E-state index in [1.54, 1.807) is 0 Å². The molecule has 3 rings (SSSR count). The molecule has 0 spiro atoms. The van der Waals surface area contributed by atoms with Crippen molar-refractivity contribution >= 4 is 17.5 Å². The molecule has 1 aromatic carbocycles. The summed E-state index contributed by atoms with van der Waals surface area (Å²) in [6.45, 7) is 0.524. The highest BCUT2D eigenvalue weighted by Crippen LogP contribution is 2.31. The fraction of sp³-hybridized carbons (Fsp3) is 0.444. The summed E-state index contributed by atoms with van der Waals surface area (Å²) in [5, 5.41) is 14.5. The van der Waals surface area contributed by atoms with Crippen LogP contribution in [0.4, 0.5) is 17.5 Å². The van der Waals surface area contributed by atoms with Crippen molar-refractivity contribution in [2.45, 2.75) is 44.7 Å². The summed E-state index contributed by atoms with van der Waals surface area (Å²) >= 11 is 0.